The van der Waals surface area contributed by atoms with E-state index in [1.54, 1.807) is 31.2 Å². The van der Waals surface area contributed by atoms with Gasteiger partial charge in [0.05, 0.1) is 12.2 Å². The molecule has 0 fully saturated rings. The SMILES string of the molecule is CCOC(=O)c1sc2cccc(F)c2c1COC(=O)c1ccc2ccccc2c1. The topological polar surface area (TPSA) is 52.6 Å². The van der Waals surface area contributed by atoms with Crippen LogP contribution in [-0.2, 0) is 16.1 Å². The minimum atomic E-state index is -0.551. The third-order valence-corrected chi connectivity index (χ3v) is 5.73. The van der Waals surface area contributed by atoms with Gasteiger partial charge in [-0.25, -0.2) is 14.0 Å². The highest BCUT2D eigenvalue weighted by molar-refractivity contribution is 7.21. The monoisotopic (exact) mass is 408 g/mol. The van der Waals surface area contributed by atoms with Gasteiger partial charge in [0.1, 0.15) is 17.3 Å². The summed E-state index contributed by atoms with van der Waals surface area (Å²) in [7, 11) is 0. The van der Waals surface area contributed by atoms with E-state index >= 15 is 0 Å². The van der Waals surface area contributed by atoms with Crippen LogP contribution in [0.1, 0.15) is 32.5 Å². The number of fused-ring (bicyclic) bond motifs is 2. The summed E-state index contributed by atoms with van der Waals surface area (Å²) in [5, 5.41) is 2.22. The molecule has 29 heavy (non-hydrogen) atoms. The van der Waals surface area contributed by atoms with Crippen LogP contribution in [0.5, 0.6) is 0 Å². The zero-order chi connectivity index (χ0) is 20.4. The maximum atomic E-state index is 14.4. The highest BCUT2D eigenvalue weighted by atomic mass is 32.1. The Labute approximate surface area is 170 Å². The normalized spacial score (nSPS) is 11.0. The van der Waals surface area contributed by atoms with Gasteiger partial charge in [-0.3, -0.25) is 0 Å². The molecule has 4 aromatic rings. The van der Waals surface area contributed by atoms with Crippen molar-refractivity contribution < 1.29 is 23.5 Å². The molecule has 0 N–H and O–H groups in total. The van der Waals surface area contributed by atoms with E-state index in [2.05, 4.69) is 0 Å². The first-order valence-electron chi connectivity index (χ1n) is 9.11. The Kier molecular flexibility index (Phi) is 5.27. The van der Waals surface area contributed by atoms with Crippen molar-refractivity contribution in [3.05, 3.63) is 82.5 Å². The quantitative estimate of drug-likeness (QED) is 0.396. The average molecular weight is 408 g/mol. The number of esters is 2. The molecule has 0 aliphatic carbocycles. The Morgan fingerprint density at radius 2 is 1.72 bits per heavy atom. The van der Waals surface area contributed by atoms with Crippen molar-refractivity contribution in [3.8, 4) is 0 Å². The molecule has 0 radical (unpaired) electrons. The fourth-order valence-corrected chi connectivity index (χ4v) is 4.32. The average Bonchev–Trinajstić information content (AvgIpc) is 3.12. The second-order valence-electron chi connectivity index (χ2n) is 6.38. The van der Waals surface area contributed by atoms with Crippen molar-refractivity contribution in [2.45, 2.75) is 13.5 Å². The van der Waals surface area contributed by atoms with E-state index in [1.807, 2.05) is 30.3 Å². The van der Waals surface area contributed by atoms with Crippen molar-refractivity contribution in [1.82, 2.24) is 0 Å². The van der Waals surface area contributed by atoms with Crippen LogP contribution >= 0.6 is 11.3 Å². The predicted molar refractivity (Wildman–Crippen MR) is 111 cm³/mol. The molecule has 1 heterocycles. The number of hydrogen-bond donors (Lipinski definition) is 0. The fraction of sp³-hybridized carbons (Fsp3) is 0.130. The number of hydrogen-bond acceptors (Lipinski definition) is 5. The summed E-state index contributed by atoms with van der Waals surface area (Å²) in [4.78, 5) is 25.2. The molecule has 6 heteroatoms. The van der Waals surface area contributed by atoms with E-state index in [0.717, 1.165) is 22.1 Å². The number of thiophene rings is 1. The third kappa shape index (κ3) is 3.71. The van der Waals surface area contributed by atoms with Gasteiger partial charge >= 0.3 is 11.9 Å². The summed E-state index contributed by atoms with van der Waals surface area (Å²) in [6.45, 7) is 1.68. The molecule has 0 saturated carbocycles. The molecule has 1 aromatic heterocycles. The summed E-state index contributed by atoms with van der Waals surface area (Å²) >= 11 is 1.13. The molecule has 4 nitrogen and oxygen atoms in total. The Morgan fingerprint density at radius 1 is 0.931 bits per heavy atom. The molecule has 0 amide bonds. The van der Waals surface area contributed by atoms with Crippen LogP contribution in [0.25, 0.3) is 20.9 Å². The molecular formula is C23H17FO4S. The Hall–Kier alpha value is -3.25. The van der Waals surface area contributed by atoms with E-state index in [9.17, 15) is 14.0 Å². The lowest BCUT2D eigenvalue weighted by molar-refractivity contribution is 0.0454. The van der Waals surface area contributed by atoms with E-state index < -0.39 is 17.8 Å². The maximum absolute atomic E-state index is 14.4. The first-order valence-corrected chi connectivity index (χ1v) is 9.93. The smallest absolute Gasteiger partial charge is 0.348 e. The number of benzene rings is 3. The largest absolute Gasteiger partial charge is 0.462 e. The molecule has 4 rings (SSSR count). The minimum Gasteiger partial charge on any atom is -0.462 e. The van der Waals surface area contributed by atoms with E-state index in [1.165, 1.54) is 6.07 Å². The lowest BCUT2D eigenvalue weighted by atomic mass is 10.1. The van der Waals surface area contributed by atoms with E-state index in [0.29, 0.717) is 15.8 Å². The molecule has 146 valence electrons. The number of halogens is 1. The second-order valence-corrected chi connectivity index (χ2v) is 7.43. The molecular weight excluding hydrogens is 391 g/mol. The van der Waals surface area contributed by atoms with Gasteiger partial charge in [-0.1, -0.05) is 36.4 Å². The van der Waals surface area contributed by atoms with E-state index in [4.69, 9.17) is 9.47 Å². The van der Waals surface area contributed by atoms with Gasteiger partial charge in [0.2, 0.25) is 0 Å². The van der Waals surface area contributed by atoms with Gasteiger partial charge in [0.15, 0.2) is 0 Å². The summed E-state index contributed by atoms with van der Waals surface area (Å²) < 4.78 is 25.6. The van der Waals surface area contributed by atoms with Crippen LogP contribution in [0, 0.1) is 5.82 Å². The Bertz CT molecular complexity index is 1230. The number of carbonyl (C=O) groups excluding carboxylic acids is 2. The van der Waals surface area contributed by atoms with E-state index in [-0.39, 0.29) is 23.5 Å². The van der Waals surface area contributed by atoms with Crippen molar-refractivity contribution in [2.24, 2.45) is 0 Å². The summed E-state index contributed by atoms with van der Waals surface area (Å²) in [6.07, 6.45) is 0. The van der Waals surface area contributed by atoms with Crippen molar-refractivity contribution in [1.29, 1.82) is 0 Å². The van der Waals surface area contributed by atoms with Gasteiger partial charge in [-0.2, -0.15) is 0 Å². The summed E-state index contributed by atoms with van der Waals surface area (Å²) in [6, 6.07) is 17.6. The zero-order valence-corrected chi connectivity index (χ0v) is 16.4. The molecule has 3 aromatic carbocycles. The molecule has 0 aliphatic heterocycles. The molecule has 0 saturated heterocycles. The zero-order valence-electron chi connectivity index (χ0n) is 15.6. The van der Waals surface area contributed by atoms with Crippen LogP contribution < -0.4 is 0 Å². The Morgan fingerprint density at radius 3 is 2.52 bits per heavy atom. The molecule has 0 aliphatic rings. The fourth-order valence-electron chi connectivity index (χ4n) is 3.20. The van der Waals surface area contributed by atoms with Crippen LogP contribution in [0.3, 0.4) is 0 Å². The highest BCUT2D eigenvalue weighted by Crippen LogP contribution is 2.34. The lowest BCUT2D eigenvalue weighted by Gasteiger charge is -2.08. The van der Waals surface area contributed by atoms with Gasteiger partial charge in [0, 0.05) is 15.6 Å². The molecule has 0 atom stereocenters. The first kappa shape index (κ1) is 19.1. The van der Waals surface area contributed by atoms with Crippen LogP contribution in [0.15, 0.2) is 60.7 Å². The summed E-state index contributed by atoms with van der Waals surface area (Å²) in [5.74, 6) is -1.56. The number of rotatable bonds is 5. The first-order chi connectivity index (χ1) is 14.1. The van der Waals surface area contributed by atoms with Crippen LogP contribution in [0.2, 0.25) is 0 Å². The number of ether oxygens (including phenoxy) is 2. The van der Waals surface area contributed by atoms with Crippen molar-refractivity contribution >= 4 is 44.1 Å². The highest BCUT2D eigenvalue weighted by Gasteiger charge is 2.23. The standard InChI is InChI=1S/C23H17FO4S/c1-2-27-23(26)21-17(20-18(24)8-5-9-19(20)29-21)13-28-22(25)16-11-10-14-6-3-4-7-15(14)12-16/h3-12H,2,13H2,1H3. The molecule has 0 spiro atoms. The second kappa shape index (κ2) is 8.01. The van der Waals surface area contributed by atoms with Gasteiger partial charge in [0.25, 0.3) is 0 Å². The van der Waals surface area contributed by atoms with Crippen LogP contribution in [-0.4, -0.2) is 18.5 Å². The predicted octanol–water partition coefficient (Wildman–Crippen LogP) is 5.73. The van der Waals surface area contributed by atoms with Crippen LogP contribution in [0.4, 0.5) is 4.39 Å². The lowest BCUT2D eigenvalue weighted by Crippen LogP contribution is -2.09. The van der Waals surface area contributed by atoms with Crippen molar-refractivity contribution in [3.63, 3.8) is 0 Å². The minimum absolute atomic E-state index is 0.200. The molecule has 0 bridgehead atoms. The van der Waals surface area contributed by atoms with Crippen molar-refractivity contribution in [2.75, 3.05) is 6.61 Å². The molecule has 0 unspecified atom stereocenters. The summed E-state index contributed by atoms with van der Waals surface area (Å²) in [5.41, 5.74) is 0.720. The Balaban J connectivity index is 1.65. The van der Waals surface area contributed by atoms with Gasteiger partial charge in [-0.05, 0) is 42.0 Å². The number of carbonyl (C=O) groups is 2. The maximum Gasteiger partial charge on any atom is 0.348 e. The van der Waals surface area contributed by atoms with Gasteiger partial charge < -0.3 is 9.47 Å². The van der Waals surface area contributed by atoms with Gasteiger partial charge in [-0.15, -0.1) is 11.3 Å². The third-order valence-electron chi connectivity index (χ3n) is 4.56.